The fourth-order valence-electron chi connectivity index (χ4n) is 1.43. The lowest BCUT2D eigenvalue weighted by molar-refractivity contribution is -0.137. The summed E-state index contributed by atoms with van der Waals surface area (Å²) in [5.41, 5.74) is 2.22. The molecule has 0 amide bonds. The number of aromatic nitrogens is 2. The molecule has 1 N–H and O–H groups in total. The Morgan fingerprint density at radius 1 is 1.47 bits per heavy atom. The van der Waals surface area contributed by atoms with Crippen LogP contribution in [0.2, 0.25) is 0 Å². The summed E-state index contributed by atoms with van der Waals surface area (Å²) < 4.78 is 3.16. The normalized spacial score (nSPS) is 10.6. The molecule has 1 rings (SSSR count). The Labute approximate surface area is 103 Å². The van der Waals surface area contributed by atoms with Crippen LogP contribution in [-0.4, -0.2) is 20.9 Å². The van der Waals surface area contributed by atoms with Crippen molar-refractivity contribution in [3.8, 4) is 0 Å². The molecule has 0 aliphatic rings. The van der Waals surface area contributed by atoms with E-state index in [4.69, 9.17) is 5.11 Å². The van der Waals surface area contributed by atoms with E-state index in [1.165, 1.54) is 9.26 Å². The third-order valence-corrected chi connectivity index (χ3v) is 3.86. The second-order valence-electron chi connectivity index (χ2n) is 3.56. The predicted octanol–water partition coefficient (Wildman–Crippen LogP) is 2.36. The molecule has 1 aromatic rings. The number of aryl methyl sites for hydroxylation is 2. The molecule has 0 saturated heterocycles. The number of halogens is 1. The van der Waals surface area contributed by atoms with Gasteiger partial charge in [-0.25, -0.2) is 0 Å². The molecule has 5 heteroatoms. The molecule has 4 nitrogen and oxygen atoms in total. The van der Waals surface area contributed by atoms with Gasteiger partial charge in [-0.1, -0.05) is 0 Å². The van der Waals surface area contributed by atoms with Crippen LogP contribution in [0.4, 0.5) is 0 Å². The molecular weight excluding hydrogens is 307 g/mol. The van der Waals surface area contributed by atoms with Crippen molar-refractivity contribution in [1.82, 2.24) is 9.78 Å². The third-order valence-electron chi connectivity index (χ3n) is 2.30. The largest absolute Gasteiger partial charge is 0.481 e. The summed E-state index contributed by atoms with van der Waals surface area (Å²) in [6.45, 7) is 4.84. The fourth-order valence-corrected chi connectivity index (χ4v) is 1.82. The lowest BCUT2D eigenvalue weighted by atomic mass is 10.2. The highest BCUT2D eigenvalue weighted by atomic mass is 127. The van der Waals surface area contributed by atoms with Gasteiger partial charge in [0.15, 0.2) is 0 Å². The summed E-state index contributed by atoms with van der Waals surface area (Å²) >= 11 is 2.28. The van der Waals surface area contributed by atoms with Gasteiger partial charge in [0, 0.05) is 18.7 Å². The Morgan fingerprint density at radius 2 is 2.13 bits per heavy atom. The molecule has 15 heavy (non-hydrogen) atoms. The Balaban J connectivity index is 2.44. The molecule has 0 atom stereocenters. The maximum Gasteiger partial charge on any atom is 0.303 e. The summed E-state index contributed by atoms with van der Waals surface area (Å²) in [6, 6.07) is 0. The van der Waals surface area contributed by atoms with Crippen LogP contribution in [0.1, 0.15) is 30.7 Å². The van der Waals surface area contributed by atoms with Gasteiger partial charge in [0.1, 0.15) is 0 Å². The Bertz CT molecular complexity index is 361. The van der Waals surface area contributed by atoms with Crippen LogP contribution in [0.15, 0.2) is 0 Å². The molecule has 0 bridgehead atoms. The number of hydrogen-bond acceptors (Lipinski definition) is 2. The molecule has 0 radical (unpaired) electrons. The first kappa shape index (κ1) is 12.5. The van der Waals surface area contributed by atoms with Gasteiger partial charge in [-0.05, 0) is 49.3 Å². The smallest absolute Gasteiger partial charge is 0.303 e. The van der Waals surface area contributed by atoms with Gasteiger partial charge in [0.25, 0.3) is 0 Å². The van der Waals surface area contributed by atoms with Crippen molar-refractivity contribution in [3.05, 3.63) is 15.0 Å². The number of carbonyl (C=O) groups is 1. The molecular formula is C10H15IN2O2. The van der Waals surface area contributed by atoms with Crippen LogP contribution in [0.25, 0.3) is 0 Å². The quantitative estimate of drug-likeness (QED) is 0.669. The third kappa shape index (κ3) is 3.48. The number of aliphatic carboxylic acids is 1. The first-order valence-electron chi connectivity index (χ1n) is 4.93. The number of rotatable bonds is 5. The fraction of sp³-hybridized carbons (Fsp3) is 0.600. The highest BCUT2D eigenvalue weighted by Gasteiger charge is 2.07. The molecule has 0 unspecified atom stereocenters. The predicted molar refractivity (Wildman–Crippen MR) is 65.9 cm³/mol. The number of unbranched alkanes of at least 4 members (excludes halogenated alkanes) is 1. The van der Waals surface area contributed by atoms with E-state index in [9.17, 15) is 4.79 Å². The van der Waals surface area contributed by atoms with Crippen molar-refractivity contribution in [2.75, 3.05) is 0 Å². The van der Waals surface area contributed by atoms with Gasteiger partial charge in [0.05, 0.1) is 9.26 Å². The average molecular weight is 322 g/mol. The van der Waals surface area contributed by atoms with Crippen molar-refractivity contribution in [2.24, 2.45) is 0 Å². The van der Waals surface area contributed by atoms with Crippen molar-refractivity contribution >= 4 is 28.6 Å². The van der Waals surface area contributed by atoms with E-state index < -0.39 is 5.97 Å². The molecule has 1 heterocycles. The number of hydrogen-bond donors (Lipinski definition) is 1. The second-order valence-corrected chi connectivity index (χ2v) is 4.64. The SMILES string of the molecule is Cc1nn(CCCCC(=O)O)c(C)c1I. The van der Waals surface area contributed by atoms with Crippen molar-refractivity contribution in [1.29, 1.82) is 0 Å². The van der Waals surface area contributed by atoms with Crippen LogP contribution >= 0.6 is 22.6 Å². The van der Waals surface area contributed by atoms with E-state index in [1.807, 2.05) is 18.5 Å². The van der Waals surface area contributed by atoms with E-state index in [0.29, 0.717) is 6.42 Å². The van der Waals surface area contributed by atoms with Crippen LogP contribution < -0.4 is 0 Å². The summed E-state index contributed by atoms with van der Waals surface area (Å²) in [5, 5.41) is 12.9. The lowest BCUT2D eigenvalue weighted by Crippen LogP contribution is -2.04. The minimum Gasteiger partial charge on any atom is -0.481 e. The number of carboxylic acids is 1. The van der Waals surface area contributed by atoms with Crippen molar-refractivity contribution < 1.29 is 9.90 Å². The Kier molecular flexibility index (Phi) is 4.56. The second kappa shape index (κ2) is 5.48. The minimum atomic E-state index is -0.724. The van der Waals surface area contributed by atoms with E-state index >= 15 is 0 Å². The summed E-state index contributed by atoms with van der Waals surface area (Å²) in [6.07, 6.45) is 1.82. The molecule has 0 aliphatic heterocycles. The zero-order valence-corrected chi connectivity index (χ0v) is 11.1. The molecule has 0 spiro atoms. The van der Waals surface area contributed by atoms with Gasteiger partial charge in [-0.2, -0.15) is 5.10 Å². The number of nitrogens with zero attached hydrogens (tertiary/aromatic N) is 2. The molecule has 0 fully saturated rings. The molecule has 0 aliphatic carbocycles. The van der Waals surface area contributed by atoms with Gasteiger partial charge in [-0.3, -0.25) is 9.48 Å². The van der Waals surface area contributed by atoms with Gasteiger partial charge in [-0.15, -0.1) is 0 Å². The topological polar surface area (TPSA) is 55.1 Å². The maximum atomic E-state index is 10.3. The van der Waals surface area contributed by atoms with Crippen molar-refractivity contribution in [3.63, 3.8) is 0 Å². The molecule has 0 saturated carbocycles. The van der Waals surface area contributed by atoms with Gasteiger partial charge < -0.3 is 5.11 Å². The summed E-state index contributed by atoms with van der Waals surface area (Å²) in [5.74, 6) is -0.724. The van der Waals surface area contributed by atoms with E-state index in [-0.39, 0.29) is 6.42 Å². The lowest BCUT2D eigenvalue weighted by Gasteiger charge is -2.03. The zero-order valence-electron chi connectivity index (χ0n) is 8.96. The minimum absolute atomic E-state index is 0.246. The van der Waals surface area contributed by atoms with E-state index in [2.05, 4.69) is 27.7 Å². The molecule has 1 aromatic heterocycles. The first-order valence-corrected chi connectivity index (χ1v) is 6.01. The van der Waals surface area contributed by atoms with Crippen molar-refractivity contribution in [2.45, 2.75) is 39.7 Å². The van der Waals surface area contributed by atoms with E-state index in [0.717, 1.165) is 18.7 Å². The molecule has 84 valence electrons. The van der Waals surface area contributed by atoms with Crippen LogP contribution in [0.3, 0.4) is 0 Å². The number of carboxylic acid groups (broad SMARTS) is 1. The monoisotopic (exact) mass is 322 g/mol. The average Bonchev–Trinajstić information content (AvgIpc) is 2.41. The summed E-state index contributed by atoms with van der Waals surface area (Å²) in [7, 11) is 0. The summed E-state index contributed by atoms with van der Waals surface area (Å²) in [4.78, 5) is 10.3. The van der Waals surface area contributed by atoms with Crippen LogP contribution in [0, 0.1) is 17.4 Å². The highest BCUT2D eigenvalue weighted by Crippen LogP contribution is 2.15. The van der Waals surface area contributed by atoms with Gasteiger partial charge >= 0.3 is 5.97 Å². The Hall–Kier alpha value is -0.590. The Morgan fingerprint density at radius 3 is 2.60 bits per heavy atom. The van der Waals surface area contributed by atoms with Gasteiger partial charge in [0.2, 0.25) is 0 Å². The van der Waals surface area contributed by atoms with Crippen LogP contribution in [0.5, 0.6) is 0 Å². The maximum absolute atomic E-state index is 10.3. The first-order chi connectivity index (χ1) is 7.02. The van der Waals surface area contributed by atoms with Crippen LogP contribution in [-0.2, 0) is 11.3 Å². The zero-order chi connectivity index (χ0) is 11.4. The molecule has 0 aromatic carbocycles. The standard InChI is InChI=1S/C10H15IN2O2/c1-7-10(11)8(2)13(12-7)6-4-3-5-9(14)15/h3-6H2,1-2H3,(H,14,15). The highest BCUT2D eigenvalue weighted by molar-refractivity contribution is 14.1. The van der Waals surface area contributed by atoms with E-state index in [1.54, 1.807) is 0 Å².